The summed E-state index contributed by atoms with van der Waals surface area (Å²) in [6, 6.07) is 4.24. The van der Waals surface area contributed by atoms with Crippen LogP contribution >= 0.6 is 69.6 Å². The quantitative estimate of drug-likeness (QED) is 0.108. The van der Waals surface area contributed by atoms with Gasteiger partial charge in [-0.3, -0.25) is 9.59 Å². The highest BCUT2D eigenvalue weighted by Gasteiger charge is 2.51. The van der Waals surface area contributed by atoms with Crippen LogP contribution < -0.4 is 28.7 Å². The van der Waals surface area contributed by atoms with E-state index in [1.54, 1.807) is 29.5 Å². The highest BCUT2D eigenvalue weighted by molar-refractivity contribution is 6.74. The molecule has 1 N–H and O–H groups in total. The molecule has 0 saturated carbocycles. The SMILES string of the molecule is C/C=C/C1=CN2C(=O)c3cc(OC)c(OCCCOc4cc5c(cc4OC)C(=O)N4C=C(/C=C/C)C[C@H]4[C@H](O)N5C(=O)OCC(Cl)(Cl)Cl)cc3N(C(=O)OCC(Cl)(Cl)Cl)[C@@H](O[Si](C)(C)C(C)(C)C)[C@H]2C1. The van der Waals surface area contributed by atoms with E-state index in [0.29, 0.717) is 6.42 Å². The fourth-order valence-electron chi connectivity index (χ4n) is 8.04. The van der Waals surface area contributed by atoms with E-state index in [1.165, 1.54) is 48.3 Å². The van der Waals surface area contributed by atoms with Crippen LogP contribution in [0.4, 0.5) is 21.0 Å². The number of alkyl halides is 6. The fraction of sp³-hybridized carbons (Fsp3) is 0.489. The van der Waals surface area contributed by atoms with E-state index in [-0.39, 0.29) is 76.6 Å². The summed E-state index contributed by atoms with van der Waals surface area (Å²) < 4.78 is 38.0. The van der Waals surface area contributed by atoms with Gasteiger partial charge in [0, 0.05) is 31.0 Å². The third-order valence-electron chi connectivity index (χ3n) is 12.3. The monoisotopic (exact) mass is 1110 g/mol. The van der Waals surface area contributed by atoms with E-state index in [2.05, 4.69) is 20.8 Å². The predicted molar refractivity (Wildman–Crippen MR) is 273 cm³/mol. The first-order valence-corrected chi connectivity index (χ1v) is 27.3. The molecule has 6 rings (SSSR count). The van der Waals surface area contributed by atoms with Crippen LogP contribution in [0.5, 0.6) is 23.0 Å². The molecule has 0 aromatic heterocycles. The van der Waals surface area contributed by atoms with Crippen molar-refractivity contribution >= 4 is 113 Å². The van der Waals surface area contributed by atoms with Crippen LogP contribution in [0.15, 0.2) is 72.1 Å². The van der Waals surface area contributed by atoms with E-state index < -0.39 is 77.7 Å². The van der Waals surface area contributed by atoms with E-state index >= 15 is 0 Å². The van der Waals surface area contributed by atoms with Crippen molar-refractivity contribution in [2.24, 2.45) is 0 Å². The lowest BCUT2D eigenvalue weighted by atomic mass is 10.1. The Kier molecular flexibility index (Phi) is 17.4. The number of methoxy groups -OCH3 is 2. The van der Waals surface area contributed by atoms with Crippen molar-refractivity contribution in [3.05, 3.63) is 83.2 Å². The molecule has 2 aromatic carbocycles. The highest BCUT2D eigenvalue weighted by atomic mass is 35.6. The third kappa shape index (κ3) is 12.2. The van der Waals surface area contributed by atoms with Gasteiger partial charge in [-0.05, 0) is 68.1 Å². The Bertz CT molecular complexity index is 2470. The molecule has 16 nitrogen and oxygen atoms in total. The van der Waals surface area contributed by atoms with E-state index in [1.807, 2.05) is 39.1 Å². The summed E-state index contributed by atoms with van der Waals surface area (Å²) in [4.78, 5) is 62.1. The van der Waals surface area contributed by atoms with Gasteiger partial charge in [-0.2, -0.15) is 0 Å². The third-order valence-corrected chi connectivity index (χ3v) is 17.4. The molecule has 0 saturated heterocycles. The number of carbonyl (C=O) groups is 4. The van der Waals surface area contributed by atoms with Crippen molar-refractivity contribution in [2.45, 2.75) is 104 Å². The Morgan fingerprint density at radius 3 is 1.56 bits per heavy atom. The maximum Gasteiger partial charge on any atom is 0.416 e. The molecule has 0 unspecified atom stereocenters. The van der Waals surface area contributed by atoms with Gasteiger partial charge in [0.2, 0.25) is 7.59 Å². The topological polar surface area (TPSA) is 166 Å². The zero-order valence-electron chi connectivity index (χ0n) is 40.0. The van der Waals surface area contributed by atoms with Gasteiger partial charge in [-0.25, -0.2) is 19.4 Å². The number of amides is 4. The molecule has 0 spiro atoms. The molecule has 4 heterocycles. The van der Waals surface area contributed by atoms with Crippen LogP contribution in [-0.2, 0) is 13.9 Å². The van der Waals surface area contributed by atoms with Crippen molar-refractivity contribution in [2.75, 3.05) is 50.4 Å². The van der Waals surface area contributed by atoms with Crippen LogP contribution in [-0.4, -0.2) is 120 Å². The second-order valence-electron chi connectivity index (χ2n) is 18.2. The van der Waals surface area contributed by atoms with Gasteiger partial charge in [0.25, 0.3) is 11.8 Å². The molecule has 0 radical (unpaired) electrons. The van der Waals surface area contributed by atoms with Gasteiger partial charge in [-0.1, -0.05) is 115 Å². The lowest BCUT2D eigenvalue weighted by molar-refractivity contribution is 0.0551. The predicted octanol–water partition coefficient (Wildman–Crippen LogP) is 11.2. The average Bonchev–Trinajstić information content (AvgIpc) is 3.87. The standard InChI is InChI=1S/C47H56Cl6N4O12Si/c1-10-13-27-17-33-41(60)56(43(61)67-25-46(48,49)50)31-21-37(35(63-6)19-29(31)39(58)54(33)23-27)65-15-12-16-66-38-22-32-30(20-36(38)64-7)40(59)55-24-28(14-11-2)18-34(55)42(69-70(8,9)45(3,4)5)57(32)44(62)68-26-47(51,52)53/h10-11,13-14,19-24,33-34,41-42,60H,12,15-18,25-26H2,1-9H3/b13-10+,14-11+/t33-,34+,41-,42-/m0/s1. The molecule has 382 valence electrons. The molecule has 23 heteroatoms. The summed E-state index contributed by atoms with van der Waals surface area (Å²) in [6.07, 6.45) is 6.87. The number of benzene rings is 2. The summed E-state index contributed by atoms with van der Waals surface area (Å²) in [5.74, 6) is -0.334. The Labute approximate surface area is 438 Å². The van der Waals surface area contributed by atoms with E-state index in [4.69, 9.17) is 102 Å². The summed E-state index contributed by atoms with van der Waals surface area (Å²) >= 11 is 35.9. The molecule has 70 heavy (non-hydrogen) atoms. The lowest BCUT2D eigenvalue weighted by Crippen LogP contribution is -2.58. The Morgan fingerprint density at radius 1 is 0.700 bits per heavy atom. The Morgan fingerprint density at radius 2 is 1.13 bits per heavy atom. The summed E-state index contributed by atoms with van der Waals surface area (Å²) in [5.41, 5.74) is 1.77. The highest BCUT2D eigenvalue weighted by Crippen LogP contribution is 2.47. The van der Waals surface area contributed by atoms with Crippen LogP contribution in [0, 0.1) is 0 Å². The molecule has 0 aliphatic carbocycles. The first kappa shape index (κ1) is 55.3. The molecular weight excluding hydrogens is 1050 g/mol. The summed E-state index contributed by atoms with van der Waals surface area (Å²) in [6.45, 7) is 12.7. The number of rotatable bonds is 14. The number of carbonyl (C=O) groups excluding carboxylic acids is 4. The van der Waals surface area contributed by atoms with Crippen LogP contribution in [0.2, 0.25) is 18.1 Å². The van der Waals surface area contributed by atoms with Crippen molar-refractivity contribution in [3.63, 3.8) is 0 Å². The number of halogens is 6. The van der Waals surface area contributed by atoms with E-state index in [0.717, 1.165) is 16.0 Å². The summed E-state index contributed by atoms with van der Waals surface area (Å²) in [7, 11) is 0.0946. The number of anilines is 2. The second kappa shape index (κ2) is 22.0. The molecule has 0 bridgehead atoms. The largest absolute Gasteiger partial charge is 0.493 e. The molecule has 2 aromatic rings. The number of aliphatic hydroxyl groups excluding tert-OH is 1. The van der Waals surface area contributed by atoms with Gasteiger partial charge in [0.15, 0.2) is 43.8 Å². The van der Waals surface area contributed by atoms with Gasteiger partial charge >= 0.3 is 12.2 Å². The first-order valence-electron chi connectivity index (χ1n) is 22.2. The zero-order chi connectivity index (χ0) is 51.7. The zero-order valence-corrected chi connectivity index (χ0v) is 45.6. The van der Waals surface area contributed by atoms with Crippen LogP contribution in [0.1, 0.15) is 74.6 Å². The number of fused-ring (bicyclic) bond motifs is 4. The minimum atomic E-state index is -2.71. The average molecular weight is 1110 g/mol. The number of nitrogens with zero attached hydrogens (tertiary/aromatic N) is 4. The molecule has 4 aliphatic rings. The number of hydrogen-bond donors (Lipinski definition) is 1. The Balaban J connectivity index is 1.31. The Hall–Kier alpha value is -4.04. The molecule has 4 aliphatic heterocycles. The fourth-order valence-corrected chi connectivity index (χ4v) is 9.59. The number of ether oxygens (including phenoxy) is 6. The number of aliphatic hydroxyl groups is 1. The van der Waals surface area contributed by atoms with Gasteiger partial charge in [0.1, 0.15) is 13.2 Å². The maximum atomic E-state index is 14.7. The molecular formula is C47H56Cl6N4O12Si. The second-order valence-corrected chi connectivity index (χ2v) is 28.0. The van der Waals surface area contributed by atoms with Crippen LogP contribution in [0.25, 0.3) is 0 Å². The lowest BCUT2D eigenvalue weighted by Gasteiger charge is -2.44. The first-order chi connectivity index (χ1) is 32.7. The number of hydrogen-bond acceptors (Lipinski definition) is 12. The van der Waals surface area contributed by atoms with Crippen molar-refractivity contribution < 1.29 is 57.1 Å². The normalized spacial score (nSPS) is 20.6. The molecule has 0 fully saturated rings. The minimum Gasteiger partial charge on any atom is -0.493 e. The molecule has 4 amide bonds. The van der Waals surface area contributed by atoms with Crippen molar-refractivity contribution in [1.29, 1.82) is 0 Å². The maximum absolute atomic E-state index is 14.7. The van der Waals surface area contributed by atoms with Gasteiger partial charge in [0.05, 0.1) is 62.0 Å². The van der Waals surface area contributed by atoms with Crippen LogP contribution in [0.3, 0.4) is 0 Å². The minimum absolute atomic E-state index is 0.00328. The van der Waals surface area contributed by atoms with Gasteiger partial charge in [-0.15, -0.1) is 0 Å². The van der Waals surface area contributed by atoms with E-state index in [9.17, 15) is 24.3 Å². The van der Waals surface area contributed by atoms with Gasteiger partial charge < -0.3 is 47.8 Å². The number of allylic oxidation sites excluding steroid dienone is 4. The summed E-state index contributed by atoms with van der Waals surface area (Å²) in [5, 5.41) is 11.4. The van der Waals surface area contributed by atoms with Crippen molar-refractivity contribution in [3.8, 4) is 23.0 Å². The molecule has 4 atom stereocenters. The van der Waals surface area contributed by atoms with Crippen molar-refractivity contribution in [1.82, 2.24) is 9.80 Å². The smallest absolute Gasteiger partial charge is 0.416 e.